The number of hydrogen-bond acceptors (Lipinski definition) is 4. The zero-order valence-electron chi connectivity index (χ0n) is 14.0. The van der Waals surface area contributed by atoms with E-state index in [-0.39, 0.29) is 12.1 Å². The molecule has 6 heteroatoms. The van der Waals surface area contributed by atoms with Crippen LogP contribution in [0, 0.1) is 5.92 Å². The van der Waals surface area contributed by atoms with Crippen molar-refractivity contribution in [3.8, 4) is 5.75 Å². The molecule has 0 bridgehead atoms. The van der Waals surface area contributed by atoms with E-state index in [0.29, 0.717) is 6.54 Å². The topological polar surface area (TPSA) is 57.7 Å². The molecule has 0 radical (unpaired) electrons. The van der Waals surface area contributed by atoms with Crippen LogP contribution in [0.4, 0.5) is 10.6 Å². The number of urea groups is 1. The fourth-order valence-corrected chi connectivity index (χ4v) is 2.90. The Bertz CT molecular complexity index is 545. The molecule has 1 saturated carbocycles. The zero-order chi connectivity index (χ0) is 16.2. The highest BCUT2D eigenvalue weighted by Gasteiger charge is 2.28. The predicted octanol–water partition coefficient (Wildman–Crippen LogP) is 2.11. The Morgan fingerprint density at radius 2 is 2.26 bits per heavy atom. The number of hydrogen-bond donors (Lipinski definition) is 1. The van der Waals surface area contributed by atoms with Gasteiger partial charge in [0, 0.05) is 39.8 Å². The largest absolute Gasteiger partial charge is 0.485 e. The van der Waals surface area contributed by atoms with E-state index >= 15 is 0 Å². The normalized spacial score (nSPS) is 20.4. The summed E-state index contributed by atoms with van der Waals surface area (Å²) in [5.41, 5.74) is 0. The molecule has 2 fully saturated rings. The maximum absolute atomic E-state index is 12.2. The van der Waals surface area contributed by atoms with Crippen LogP contribution in [-0.2, 0) is 0 Å². The summed E-state index contributed by atoms with van der Waals surface area (Å²) in [5.74, 6) is 2.44. The third-order valence-corrected chi connectivity index (χ3v) is 4.43. The number of anilines is 1. The first-order valence-electron chi connectivity index (χ1n) is 8.45. The van der Waals surface area contributed by atoms with Crippen molar-refractivity contribution in [1.29, 1.82) is 0 Å². The molecule has 1 aromatic heterocycles. The molecule has 126 valence electrons. The van der Waals surface area contributed by atoms with E-state index < -0.39 is 0 Å². The molecule has 2 aliphatic rings. The lowest BCUT2D eigenvalue weighted by Gasteiger charge is -2.20. The van der Waals surface area contributed by atoms with E-state index in [4.69, 9.17) is 4.74 Å². The lowest BCUT2D eigenvalue weighted by atomic mass is 10.3. The number of aromatic nitrogens is 1. The summed E-state index contributed by atoms with van der Waals surface area (Å²) >= 11 is 0. The molecule has 1 atom stereocenters. The average Bonchev–Trinajstić information content (AvgIpc) is 3.24. The van der Waals surface area contributed by atoms with E-state index in [1.807, 2.05) is 36.0 Å². The number of amides is 2. The minimum atomic E-state index is 0.0343. The Morgan fingerprint density at radius 3 is 3.00 bits per heavy atom. The highest BCUT2D eigenvalue weighted by Crippen LogP contribution is 2.31. The Kier molecular flexibility index (Phi) is 4.88. The van der Waals surface area contributed by atoms with Crippen molar-refractivity contribution in [2.45, 2.75) is 31.8 Å². The first-order valence-corrected chi connectivity index (χ1v) is 8.45. The number of likely N-dealkylation sites (tertiary alicyclic amines) is 1. The van der Waals surface area contributed by atoms with Crippen molar-refractivity contribution in [3.05, 3.63) is 18.3 Å². The van der Waals surface area contributed by atoms with Crippen LogP contribution in [0.15, 0.2) is 18.3 Å². The number of carbonyl (C=O) groups is 1. The van der Waals surface area contributed by atoms with Gasteiger partial charge < -0.3 is 19.9 Å². The molecule has 0 aromatic carbocycles. The number of rotatable bonds is 6. The molecular weight excluding hydrogens is 292 g/mol. The van der Waals surface area contributed by atoms with E-state index in [1.165, 1.54) is 12.8 Å². The molecule has 6 nitrogen and oxygen atoms in total. The molecule has 2 amide bonds. The van der Waals surface area contributed by atoms with E-state index in [9.17, 15) is 4.79 Å². The van der Waals surface area contributed by atoms with Crippen molar-refractivity contribution < 1.29 is 9.53 Å². The van der Waals surface area contributed by atoms with Gasteiger partial charge >= 0.3 is 6.03 Å². The van der Waals surface area contributed by atoms with Crippen LogP contribution in [0.25, 0.3) is 0 Å². The Labute approximate surface area is 137 Å². The molecule has 0 spiro atoms. The fourth-order valence-electron chi connectivity index (χ4n) is 2.90. The number of carbonyl (C=O) groups excluding carboxylic acids is 1. The van der Waals surface area contributed by atoms with Crippen LogP contribution in [0.5, 0.6) is 5.75 Å². The maximum atomic E-state index is 12.2. The van der Waals surface area contributed by atoms with Crippen LogP contribution < -0.4 is 15.0 Å². The van der Waals surface area contributed by atoms with Crippen LogP contribution in [0.2, 0.25) is 0 Å². The highest BCUT2D eigenvalue weighted by atomic mass is 16.5. The lowest BCUT2D eigenvalue weighted by molar-refractivity contribution is 0.187. The monoisotopic (exact) mass is 318 g/mol. The summed E-state index contributed by atoms with van der Waals surface area (Å²) < 4.78 is 6.08. The highest BCUT2D eigenvalue weighted by molar-refractivity contribution is 5.74. The van der Waals surface area contributed by atoms with Crippen molar-refractivity contribution in [2.75, 3.05) is 38.6 Å². The van der Waals surface area contributed by atoms with Gasteiger partial charge in [0.15, 0.2) is 11.6 Å². The van der Waals surface area contributed by atoms with Crippen molar-refractivity contribution in [2.24, 2.45) is 5.92 Å². The number of nitrogens with one attached hydrogen (secondary N) is 1. The molecule has 1 aromatic rings. The summed E-state index contributed by atoms with van der Waals surface area (Å²) in [4.78, 5) is 20.3. The summed E-state index contributed by atoms with van der Waals surface area (Å²) in [6.07, 6.45) is 6.42. The second-order valence-electron chi connectivity index (χ2n) is 6.66. The summed E-state index contributed by atoms with van der Waals surface area (Å²) in [7, 11) is 3.90. The molecule has 1 saturated heterocycles. The minimum absolute atomic E-state index is 0.0343. The first kappa shape index (κ1) is 15.9. The lowest BCUT2D eigenvalue weighted by Crippen LogP contribution is -2.39. The number of pyridine rings is 1. The molecule has 1 aliphatic heterocycles. The smallest absolute Gasteiger partial charge is 0.317 e. The van der Waals surface area contributed by atoms with E-state index in [2.05, 4.69) is 10.3 Å². The van der Waals surface area contributed by atoms with Gasteiger partial charge in [0.2, 0.25) is 0 Å². The Balaban J connectivity index is 1.48. The van der Waals surface area contributed by atoms with Crippen LogP contribution in [0.3, 0.4) is 0 Å². The van der Waals surface area contributed by atoms with Gasteiger partial charge in [0.25, 0.3) is 0 Å². The molecule has 3 rings (SSSR count). The zero-order valence-corrected chi connectivity index (χ0v) is 14.0. The molecule has 2 heterocycles. The summed E-state index contributed by atoms with van der Waals surface area (Å²) in [5, 5.41) is 3.02. The molecule has 23 heavy (non-hydrogen) atoms. The number of ether oxygens (including phenoxy) is 1. The summed E-state index contributed by atoms with van der Waals surface area (Å²) in [6, 6.07) is 3.84. The van der Waals surface area contributed by atoms with Gasteiger partial charge in [0.1, 0.15) is 6.10 Å². The Hall–Kier alpha value is -1.98. The van der Waals surface area contributed by atoms with Gasteiger partial charge in [-0.25, -0.2) is 9.78 Å². The van der Waals surface area contributed by atoms with Crippen LogP contribution in [-0.4, -0.2) is 55.7 Å². The summed E-state index contributed by atoms with van der Waals surface area (Å²) in [6.45, 7) is 2.17. The third-order valence-electron chi connectivity index (χ3n) is 4.43. The van der Waals surface area contributed by atoms with Gasteiger partial charge in [-0.3, -0.25) is 0 Å². The quantitative estimate of drug-likeness (QED) is 0.873. The molecular formula is C17H26N4O2. The van der Waals surface area contributed by atoms with Crippen molar-refractivity contribution in [3.63, 3.8) is 0 Å². The van der Waals surface area contributed by atoms with Gasteiger partial charge in [-0.05, 0) is 24.5 Å². The number of nitrogens with zero attached hydrogens (tertiary/aromatic N) is 3. The Morgan fingerprint density at radius 1 is 1.43 bits per heavy atom. The average molecular weight is 318 g/mol. The molecule has 0 unspecified atom stereocenters. The second-order valence-corrected chi connectivity index (χ2v) is 6.66. The molecule has 1 aliphatic carbocycles. The first-order chi connectivity index (χ1) is 11.1. The van der Waals surface area contributed by atoms with Crippen LogP contribution in [0.1, 0.15) is 25.7 Å². The SMILES string of the molecule is CN(C)c1ncccc1O[C@@H]1CCN(C(=O)NCCC2CC2)C1. The maximum Gasteiger partial charge on any atom is 0.317 e. The second kappa shape index (κ2) is 7.06. The minimum Gasteiger partial charge on any atom is -0.485 e. The van der Waals surface area contributed by atoms with Gasteiger partial charge in [-0.15, -0.1) is 0 Å². The van der Waals surface area contributed by atoms with Gasteiger partial charge in [-0.1, -0.05) is 12.8 Å². The van der Waals surface area contributed by atoms with E-state index in [1.54, 1.807) is 6.20 Å². The predicted molar refractivity (Wildman–Crippen MR) is 89.9 cm³/mol. The van der Waals surface area contributed by atoms with Crippen molar-refractivity contribution >= 4 is 11.8 Å². The van der Waals surface area contributed by atoms with Gasteiger partial charge in [0.05, 0.1) is 6.54 Å². The van der Waals surface area contributed by atoms with Crippen molar-refractivity contribution in [1.82, 2.24) is 15.2 Å². The molecule has 1 N–H and O–H groups in total. The third kappa shape index (κ3) is 4.27. The van der Waals surface area contributed by atoms with Gasteiger partial charge in [-0.2, -0.15) is 0 Å². The standard InChI is InChI=1S/C17H26N4O2/c1-20(2)16-15(4-3-9-18-16)23-14-8-11-21(12-14)17(22)19-10-7-13-5-6-13/h3-4,9,13-14H,5-8,10-12H2,1-2H3,(H,19,22)/t14-/m1/s1. The fraction of sp³-hybridized carbons (Fsp3) is 0.647. The van der Waals surface area contributed by atoms with E-state index in [0.717, 1.165) is 43.4 Å². The van der Waals surface area contributed by atoms with Crippen LogP contribution >= 0.6 is 0 Å².